The summed E-state index contributed by atoms with van der Waals surface area (Å²) in [7, 11) is 1.71. The summed E-state index contributed by atoms with van der Waals surface area (Å²) in [5.74, 6) is 0.819. The highest BCUT2D eigenvalue weighted by Gasteiger charge is 2.16. The highest BCUT2D eigenvalue weighted by molar-refractivity contribution is 7.99. The third-order valence-electron chi connectivity index (χ3n) is 2.90. The first-order valence-electron chi connectivity index (χ1n) is 6.97. The Labute approximate surface area is 134 Å². The van der Waals surface area contributed by atoms with Crippen molar-refractivity contribution in [1.29, 1.82) is 0 Å². The number of rotatable bonds is 7. The van der Waals surface area contributed by atoms with Crippen LogP contribution in [0.1, 0.15) is 20.3 Å². The lowest BCUT2D eigenvalue weighted by Gasteiger charge is -2.11. The Morgan fingerprint density at radius 2 is 2.05 bits per heavy atom. The summed E-state index contributed by atoms with van der Waals surface area (Å²) in [4.78, 5) is 0. The maximum Gasteiger partial charge on any atom is 0.191 e. The molecule has 114 valence electrons. The summed E-state index contributed by atoms with van der Waals surface area (Å²) < 4.78 is 7.27. The fourth-order valence-electron chi connectivity index (χ4n) is 2.00. The van der Waals surface area contributed by atoms with Crippen LogP contribution in [0.5, 0.6) is 0 Å². The van der Waals surface area contributed by atoms with Crippen LogP contribution in [0, 0.1) is 0 Å². The van der Waals surface area contributed by atoms with Gasteiger partial charge in [-0.3, -0.25) is 0 Å². The van der Waals surface area contributed by atoms with E-state index in [2.05, 4.69) is 28.6 Å². The molecule has 6 heteroatoms. The number of thioether (sulfide) groups is 1. The van der Waals surface area contributed by atoms with Crippen LogP contribution in [0.4, 0.5) is 0 Å². The number of hydrogen-bond donors (Lipinski definition) is 0. The molecular formula is C15H20ClN3OS. The number of ether oxygens (including phenoxy) is 1. The number of halogens is 1. The first-order chi connectivity index (χ1) is 10.1. The molecule has 1 aromatic carbocycles. The van der Waals surface area contributed by atoms with E-state index in [0.29, 0.717) is 16.9 Å². The summed E-state index contributed by atoms with van der Waals surface area (Å²) in [5, 5.41) is 10.7. The zero-order valence-corrected chi connectivity index (χ0v) is 14.1. The molecule has 0 N–H and O–H groups in total. The molecule has 1 aromatic heterocycles. The van der Waals surface area contributed by atoms with Gasteiger partial charge in [-0.05, 0) is 18.6 Å². The highest BCUT2D eigenvalue weighted by Crippen LogP contribution is 2.30. The molecule has 21 heavy (non-hydrogen) atoms. The molecule has 0 fully saturated rings. The lowest BCUT2D eigenvalue weighted by Crippen LogP contribution is -2.06. The zero-order chi connectivity index (χ0) is 15.2. The average Bonchev–Trinajstić information content (AvgIpc) is 2.82. The van der Waals surface area contributed by atoms with E-state index >= 15 is 0 Å². The molecule has 0 radical (unpaired) electrons. The van der Waals surface area contributed by atoms with Crippen molar-refractivity contribution in [3.05, 3.63) is 29.3 Å². The monoisotopic (exact) mass is 325 g/mol. The quantitative estimate of drug-likeness (QED) is 0.566. The summed E-state index contributed by atoms with van der Waals surface area (Å²) in [6.07, 6.45) is 0.914. The van der Waals surface area contributed by atoms with Crippen LogP contribution in [0.2, 0.25) is 5.02 Å². The van der Waals surface area contributed by atoms with Gasteiger partial charge in [0.25, 0.3) is 0 Å². The van der Waals surface area contributed by atoms with Gasteiger partial charge in [0, 0.05) is 31.1 Å². The second kappa shape index (κ2) is 7.82. The number of methoxy groups -OCH3 is 1. The van der Waals surface area contributed by atoms with E-state index in [1.54, 1.807) is 18.9 Å². The summed E-state index contributed by atoms with van der Waals surface area (Å²) in [6.45, 7) is 5.82. The van der Waals surface area contributed by atoms with Crippen molar-refractivity contribution in [2.45, 2.75) is 37.2 Å². The molecule has 0 aliphatic heterocycles. The van der Waals surface area contributed by atoms with Crippen LogP contribution in [-0.2, 0) is 11.3 Å². The molecule has 0 atom stereocenters. The summed E-state index contributed by atoms with van der Waals surface area (Å²) >= 11 is 8.00. The van der Waals surface area contributed by atoms with Crippen molar-refractivity contribution in [3.8, 4) is 11.4 Å². The fourth-order valence-corrected chi connectivity index (χ4v) is 3.03. The van der Waals surface area contributed by atoms with Gasteiger partial charge in [0.15, 0.2) is 11.0 Å². The van der Waals surface area contributed by atoms with Crippen molar-refractivity contribution in [2.75, 3.05) is 13.7 Å². The van der Waals surface area contributed by atoms with Crippen molar-refractivity contribution in [3.63, 3.8) is 0 Å². The molecule has 4 nitrogen and oxygen atoms in total. The Morgan fingerprint density at radius 3 is 2.71 bits per heavy atom. The Morgan fingerprint density at radius 1 is 1.29 bits per heavy atom. The van der Waals surface area contributed by atoms with E-state index in [9.17, 15) is 0 Å². The van der Waals surface area contributed by atoms with E-state index in [-0.39, 0.29) is 0 Å². The van der Waals surface area contributed by atoms with Gasteiger partial charge >= 0.3 is 0 Å². The zero-order valence-electron chi connectivity index (χ0n) is 12.5. The molecular weight excluding hydrogens is 306 g/mol. The van der Waals surface area contributed by atoms with Gasteiger partial charge in [-0.1, -0.05) is 49.3 Å². The number of benzene rings is 1. The lowest BCUT2D eigenvalue weighted by molar-refractivity contribution is 0.189. The van der Waals surface area contributed by atoms with E-state index in [4.69, 9.17) is 16.3 Å². The standard InChI is InChI=1S/C15H20ClN3OS/c1-11(2)21-15-18-17-14(19(15)9-6-10-20-3)12-7-4-5-8-13(12)16/h4-5,7-8,11H,6,9-10H2,1-3H3. The van der Waals surface area contributed by atoms with Crippen LogP contribution in [0.25, 0.3) is 11.4 Å². The molecule has 0 aliphatic rings. The molecule has 2 rings (SSSR count). The van der Waals surface area contributed by atoms with Gasteiger partial charge in [-0.2, -0.15) is 0 Å². The van der Waals surface area contributed by atoms with E-state index in [0.717, 1.165) is 29.5 Å². The number of hydrogen-bond acceptors (Lipinski definition) is 4. The van der Waals surface area contributed by atoms with Crippen LogP contribution in [0.15, 0.2) is 29.4 Å². The average molecular weight is 326 g/mol. The van der Waals surface area contributed by atoms with Crippen LogP contribution < -0.4 is 0 Å². The Bertz CT molecular complexity index is 586. The minimum absolute atomic E-state index is 0.453. The Balaban J connectivity index is 2.36. The molecule has 2 aromatic rings. The van der Waals surface area contributed by atoms with Crippen LogP contribution in [0.3, 0.4) is 0 Å². The molecule has 0 saturated carbocycles. The molecule has 0 spiro atoms. The molecule has 0 amide bonds. The second-order valence-corrected chi connectivity index (χ2v) is 6.90. The molecule has 0 saturated heterocycles. The first-order valence-corrected chi connectivity index (χ1v) is 8.23. The third-order valence-corrected chi connectivity index (χ3v) is 4.22. The van der Waals surface area contributed by atoms with E-state index in [1.807, 2.05) is 24.3 Å². The Kier molecular flexibility index (Phi) is 6.08. The topological polar surface area (TPSA) is 39.9 Å². The molecule has 0 bridgehead atoms. The smallest absolute Gasteiger partial charge is 0.191 e. The molecule has 0 unspecified atom stereocenters. The van der Waals surface area contributed by atoms with Gasteiger partial charge in [-0.15, -0.1) is 10.2 Å². The largest absolute Gasteiger partial charge is 0.385 e. The van der Waals surface area contributed by atoms with Crippen molar-refractivity contribution in [1.82, 2.24) is 14.8 Å². The van der Waals surface area contributed by atoms with Gasteiger partial charge in [-0.25, -0.2) is 0 Å². The van der Waals surface area contributed by atoms with Gasteiger partial charge in [0.05, 0.1) is 5.02 Å². The SMILES string of the molecule is COCCCn1c(SC(C)C)nnc1-c1ccccc1Cl. The third kappa shape index (κ3) is 4.22. The van der Waals surface area contributed by atoms with Crippen molar-refractivity contribution in [2.24, 2.45) is 0 Å². The van der Waals surface area contributed by atoms with Gasteiger partial charge in [0.1, 0.15) is 0 Å². The van der Waals surface area contributed by atoms with Crippen molar-refractivity contribution >= 4 is 23.4 Å². The maximum atomic E-state index is 6.29. The minimum atomic E-state index is 0.453. The first kappa shape index (κ1) is 16.3. The maximum absolute atomic E-state index is 6.29. The van der Waals surface area contributed by atoms with Gasteiger partial charge in [0.2, 0.25) is 0 Å². The predicted octanol–water partition coefficient (Wildman–Crippen LogP) is 4.14. The lowest BCUT2D eigenvalue weighted by atomic mass is 10.2. The summed E-state index contributed by atoms with van der Waals surface area (Å²) in [6, 6.07) is 7.73. The second-order valence-electron chi connectivity index (χ2n) is 4.95. The summed E-state index contributed by atoms with van der Waals surface area (Å²) in [5.41, 5.74) is 0.916. The van der Waals surface area contributed by atoms with Crippen molar-refractivity contribution < 1.29 is 4.74 Å². The highest BCUT2D eigenvalue weighted by atomic mass is 35.5. The normalized spacial score (nSPS) is 11.3. The van der Waals surface area contributed by atoms with Crippen LogP contribution >= 0.6 is 23.4 Å². The van der Waals surface area contributed by atoms with E-state index in [1.165, 1.54) is 0 Å². The Hall–Kier alpha value is -1.04. The van der Waals surface area contributed by atoms with Gasteiger partial charge < -0.3 is 9.30 Å². The molecule has 0 aliphatic carbocycles. The fraction of sp³-hybridized carbons (Fsp3) is 0.467. The number of nitrogens with zero attached hydrogens (tertiary/aromatic N) is 3. The van der Waals surface area contributed by atoms with E-state index < -0.39 is 0 Å². The minimum Gasteiger partial charge on any atom is -0.385 e. The number of aromatic nitrogens is 3. The molecule has 1 heterocycles. The van der Waals surface area contributed by atoms with Crippen LogP contribution in [-0.4, -0.2) is 33.7 Å². The predicted molar refractivity (Wildman–Crippen MR) is 88.0 cm³/mol.